The van der Waals surface area contributed by atoms with Gasteiger partial charge >= 0.3 is 0 Å². The lowest BCUT2D eigenvalue weighted by Gasteiger charge is -2.32. The van der Waals surface area contributed by atoms with Crippen molar-refractivity contribution in [3.05, 3.63) is 47.6 Å². The highest BCUT2D eigenvalue weighted by molar-refractivity contribution is 5.76. The van der Waals surface area contributed by atoms with E-state index >= 15 is 0 Å². The van der Waals surface area contributed by atoms with Crippen molar-refractivity contribution in [2.24, 2.45) is 0 Å². The molecule has 1 saturated heterocycles. The largest absolute Gasteiger partial charge is 0.378 e. The van der Waals surface area contributed by atoms with E-state index in [1.165, 1.54) is 18.4 Å². The molecule has 2 aliphatic rings. The van der Waals surface area contributed by atoms with E-state index in [0.29, 0.717) is 25.4 Å². The summed E-state index contributed by atoms with van der Waals surface area (Å²) in [6, 6.07) is 10.2. The van der Waals surface area contributed by atoms with Gasteiger partial charge in [-0.1, -0.05) is 35.5 Å². The van der Waals surface area contributed by atoms with Crippen LogP contribution in [0.1, 0.15) is 55.3 Å². The number of carbonyl (C=O) groups excluding carboxylic acids is 1. The number of carbonyl (C=O) groups is 1. The molecule has 0 bridgehead atoms. The van der Waals surface area contributed by atoms with Gasteiger partial charge in [0.15, 0.2) is 5.82 Å². The summed E-state index contributed by atoms with van der Waals surface area (Å²) >= 11 is 0. The van der Waals surface area contributed by atoms with Crippen LogP contribution in [0.25, 0.3) is 0 Å². The molecule has 2 heterocycles. The summed E-state index contributed by atoms with van der Waals surface area (Å²) in [5.74, 6) is 2.27. The molecule has 1 aromatic heterocycles. The van der Waals surface area contributed by atoms with Gasteiger partial charge in [-0.3, -0.25) is 4.79 Å². The van der Waals surface area contributed by atoms with Crippen LogP contribution in [0.2, 0.25) is 0 Å². The molecule has 0 radical (unpaired) electrons. The fourth-order valence-corrected chi connectivity index (χ4v) is 3.51. The van der Waals surface area contributed by atoms with Gasteiger partial charge in [-0.15, -0.1) is 0 Å². The number of rotatable bonds is 8. The highest BCUT2D eigenvalue weighted by Gasteiger charge is 2.29. The van der Waals surface area contributed by atoms with Crippen LogP contribution in [0.3, 0.4) is 0 Å². The molecule has 2 fully saturated rings. The summed E-state index contributed by atoms with van der Waals surface area (Å²) in [5, 5.41) is 4.02. The van der Waals surface area contributed by atoms with E-state index in [4.69, 9.17) is 9.26 Å². The maximum Gasteiger partial charge on any atom is 0.229 e. The van der Waals surface area contributed by atoms with Gasteiger partial charge in [-0.05, 0) is 37.7 Å². The predicted molar refractivity (Wildman–Crippen MR) is 100 cm³/mol. The third-order valence-corrected chi connectivity index (χ3v) is 5.35. The van der Waals surface area contributed by atoms with Crippen LogP contribution in [0.15, 0.2) is 34.9 Å². The quantitative estimate of drug-likeness (QED) is 0.715. The van der Waals surface area contributed by atoms with Crippen LogP contribution < -0.4 is 0 Å². The van der Waals surface area contributed by atoms with Gasteiger partial charge in [-0.2, -0.15) is 4.98 Å². The number of amides is 1. The second-order valence-corrected chi connectivity index (χ2v) is 7.51. The Morgan fingerprint density at radius 3 is 2.63 bits per heavy atom. The third kappa shape index (κ3) is 5.16. The van der Waals surface area contributed by atoms with E-state index in [-0.39, 0.29) is 12.0 Å². The Morgan fingerprint density at radius 2 is 1.89 bits per heavy atom. The summed E-state index contributed by atoms with van der Waals surface area (Å²) in [6.45, 7) is 2.18. The minimum absolute atomic E-state index is 0.220. The van der Waals surface area contributed by atoms with Crippen LogP contribution >= 0.6 is 0 Å². The zero-order valence-electron chi connectivity index (χ0n) is 15.7. The number of ether oxygens (including phenoxy) is 1. The Morgan fingerprint density at radius 1 is 1.11 bits per heavy atom. The second-order valence-electron chi connectivity index (χ2n) is 7.51. The second kappa shape index (κ2) is 8.65. The molecule has 1 aromatic carbocycles. The van der Waals surface area contributed by atoms with Crippen LogP contribution in [0.4, 0.5) is 0 Å². The number of hydrogen-bond donors (Lipinski definition) is 0. The molecular formula is C21H27N3O3. The fraction of sp³-hybridized carbons (Fsp3) is 0.571. The Kier molecular flexibility index (Phi) is 5.82. The van der Waals surface area contributed by atoms with Crippen molar-refractivity contribution < 1.29 is 14.1 Å². The predicted octanol–water partition coefficient (Wildman–Crippen LogP) is 3.13. The van der Waals surface area contributed by atoms with Gasteiger partial charge in [-0.25, -0.2) is 0 Å². The van der Waals surface area contributed by atoms with Crippen molar-refractivity contribution in [2.45, 2.75) is 57.0 Å². The lowest BCUT2D eigenvalue weighted by molar-refractivity contribution is -0.133. The van der Waals surface area contributed by atoms with Crippen molar-refractivity contribution in [1.82, 2.24) is 15.0 Å². The first-order valence-electron chi connectivity index (χ1n) is 10.0. The van der Waals surface area contributed by atoms with Gasteiger partial charge in [0.25, 0.3) is 0 Å². The first-order chi connectivity index (χ1) is 13.3. The van der Waals surface area contributed by atoms with Gasteiger partial charge in [0, 0.05) is 31.8 Å². The SMILES string of the molecule is O=C(CCc1ccccc1)N1CCC(OCCc2noc(C3CC3)n2)CC1. The highest BCUT2D eigenvalue weighted by atomic mass is 16.5. The summed E-state index contributed by atoms with van der Waals surface area (Å²) in [6.07, 6.45) is 6.43. The van der Waals surface area contributed by atoms with Crippen LogP contribution in [0.5, 0.6) is 0 Å². The van der Waals surface area contributed by atoms with Crippen LogP contribution in [-0.4, -0.2) is 46.7 Å². The molecule has 4 rings (SSSR count). The Bertz CT molecular complexity index is 734. The van der Waals surface area contributed by atoms with Gasteiger partial charge in [0.05, 0.1) is 12.7 Å². The molecule has 1 amide bonds. The first-order valence-corrected chi connectivity index (χ1v) is 10.0. The average Bonchev–Trinajstić information content (AvgIpc) is 3.46. The van der Waals surface area contributed by atoms with E-state index in [2.05, 4.69) is 22.3 Å². The standard InChI is InChI=1S/C21H27N3O3/c25-20(9-6-16-4-2-1-3-5-16)24-13-10-18(11-14-24)26-15-12-19-22-21(27-23-19)17-7-8-17/h1-5,17-18H,6-15H2. The maximum absolute atomic E-state index is 12.4. The highest BCUT2D eigenvalue weighted by Crippen LogP contribution is 2.38. The molecule has 0 atom stereocenters. The normalized spacial score (nSPS) is 18.0. The van der Waals surface area contributed by atoms with Crippen molar-refractivity contribution in [1.29, 1.82) is 0 Å². The number of nitrogens with zero attached hydrogens (tertiary/aromatic N) is 3. The van der Waals surface area contributed by atoms with Crippen LogP contribution in [-0.2, 0) is 22.4 Å². The van der Waals surface area contributed by atoms with E-state index in [9.17, 15) is 4.79 Å². The zero-order valence-corrected chi connectivity index (χ0v) is 15.7. The zero-order chi connectivity index (χ0) is 18.5. The number of hydrogen-bond acceptors (Lipinski definition) is 5. The molecule has 1 aliphatic carbocycles. The van der Waals surface area contributed by atoms with Crippen molar-refractivity contribution in [2.75, 3.05) is 19.7 Å². The molecule has 0 spiro atoms. The molecule has 0 N–H and O–H groups in total. The molecule has 2 aromatic rings. The number of likely N-dealkylation sites (tertiary alicyclic amines) is 1. The molecule has 6 nitrogen and oxygen atoms in total. The molecule has 0 unspecified atom stereocenters. The summed E-state index contributed by atoms with van der Waals surface area (Å²) in [5.41, 5.74) is 1.22. The van der Waals surface area contributed by atoms with Gasteiger partial charge < -0.3 is 14.2 Å². The van der Waals surface area contributed by atoms with Crippen LogP contribution in [0, 0.1) is 0 Å². The average molecular weight is 369 g/mol. The topological polar surface area (TPSA) is 68.5 Å². The minimum atomic E-state index is 0.220. The number of aromatic nitrogens is 2. The third-order valence-electron chi connectivity index (χ3n) is 5.35. The Balaban J connectivity index is 1.12. The molecule has 1 saturated carbocycles. The summed E-state index contributed by atoms with van der Waals surface area (Å²) in [4.78, 5) is 18.8. The van der Waals surface area contributed by atoms with Crippen molar-refractivity contribution in [3.63, 3.8) is 0 Å². The summed E-state index contributed by atoms with van der Waals surface area (Å²) < 4.78 is 11.2. The lowest BCUT2D eigenvalue weighted by Crippen LogP contribution is -2.41. The summed E-state index contributed by atoms with van der Waals surface area (Å²) in [7, 11) is 0. The molecule has 1 aliphatic heterocycles. The Labute approximate surface area is 159 Å². The number of benzene rings is 1. The van der Waals surface area contributed by atoms with Crippen molar-refractivity contribution >= 4 is 5.91 Å². The lowest BCUT2D eigenvalue weighted by atomic mass is 10.1. The molecule has 144 valence electrons. The minimum Gasteiger partial charge on any atom is -0.378 e. The molecular weight excluding hydrogens is 342 g/mol. The monoisotopic (exact) mass is 369 g/mol. The van der Waals surface area contributed by atoms with Gasteiger partial charge in [0.1, 0.15) is 0 Å². The molecule has 6 heteroatoms. The maximum atomic E-state index is 12.4. The van der Waals surface area contributed by atoms with E-state index in [1.54, 1.807) is 0 Å². The fourth-order valence-electron chi connectivity index (χ4n) is 3.51. The number of aryl methyl sites for hydroxylation is 1. The molecule has 27 heavy (non-hydrogen) atoms. The van der Waals surface area contributed by atoms with E-state index in [0.717, 1.165) is 44.1 Å². The smallest absolute Gasteiger partial charge is 0.229 e. The van der Waals surface area contributed by atoms with E-state index in [1.807, 2.05) is 23.1 Å². The van der Waals surface area contributed by atoms with Gasteiger partial charge in [0.2, 0.25) is 11.8 Å². The van der Waals surface area contributed by atoms with Crippen molar-refractivity contribution in [3.8, 4) is 0 Å². The first kappa shape index (κ1) is 18.2. The number of piperidine rings is 1. The van der Waals surface area contributed by atoms with E-state index < -0.39 is 0 Å². The Hall–Kier alpha value is -2.21.